The molecule has 0 bridgehead atoms. The lowest BCUT2D eigenvalue weighted by atomic mass is 9.88. The molecule has 1 heterocycles. The van der Waals surface area contributed by atoms with Crippen molar-refractivity contribution in [1.82, 2.24) is 0 Å². The van der Waals surface area contributed by atoms with Gasteiger partial charge < -0.3 is 10.1 Å². The Morgan fingerprint density at radius 1 is 0.964 bits per heavy atom. The Labute approximate surface area is 169 Å². The van der Waals surface area contributed by atoms with Gasteiger partial charge in [0, 0.05) is 17.2 Å². The highest BCUT2D eigenvalue weighted by Crippen LogP contribution is 2.34. The molecule has 5 heteroatoms. The molecule has 0 aliphatic carbocycles. The highest BCUT2D eigenvalue weighted by atomic mass is 32.1. The van der Waals surface area contributed by atoms with Crippen LogP contribution in [0.4, 0.5) is 5.00 Å². The zero-order valence-corrected chi connectivity index (χ0v) is 17.0. The number of carbonyl (C=O) groups excluding carboxylic acids is 2. The molecule has 144 valence electrons. The second kappa shape index (κ2) is 8.85. The van der Waals surface area contributed by atoms with Crippen LogP contribution in [0, 0.1) is 13.8 Å². The molecule has 3 aromatic rings. The van der Waals surface area contributed by atoms with Gasteiger partial charge in [0.2, 0.25) is 5.91 Å². The van der Waals surface area contributed by atoms with Gasteiger partial charge in [0.1, 0.15) is 5.00 Å². The van der Waals surface area contributed by atoms with Gasteiger partial charge >= 0.3 is 5.97 Å². The number of nitrogens with one attached hydrogen (secondary N) is 1. The molecule has 0 unspecified atom stereocenters. The van der Waals surface area contributed by atoms with Crippen molar-refractivity contribution >= 4 is 28.2 Å². The van der Waals surface area contributed by atoms with Gasteiger partial charge in [-0.05, 0) is 30.5 Å². The molecule has 0 spiro atoms. The number of carbonyl (C=O) groups is 2. The molecule has 0 saturated carbocycles. The quantitative estimate of drug-likeness (QED) is 0.577. The van der Waals surface area contributed by atoms with E-state index in [2.05, 4.69) is 5.32 Å². The summed E-state index contributed by atoms with van der Waals surface area (Å²) in [4.78, 5) is 26.0. The van der Waals surface area contributed by atoms with Crippen LogP contribution in [-0.4, -0.2) is 19.0 Å². The Kier molecular flexibility index (Phi) is 6.26. The second-order valence-corrected chi connectivity index (χ2v) is 7.83. The average molecular weight is 394 g/mol. The largest absolute Gasteiger partial charge is 0.465 e. The third kappa shape index (κ3) is 4.31. The number of rotatable bonds is 6. The summed E-state index contributed by atoms with van der Waals surface area (Å²) < 4.78 is 4.89. The molecule has 1 amide bonds. The molecule has 0 fully saturated rings. The Hall–Kier alpha value is -2.92. The van der Waals surface area contributed by atoms with E-state index in [0.29, 0.717) is 10.6 Å². The van der Waals surface area contributed by atoms with Crippen LogP contribution in [0.15, 0.2) is 60.7 Å². The average Bonchev–Trinajstić information content (AvgIpc) is 3.00. The monoisotopic (exact) mass is 393 g/mol. The molecule has 0 radical (unpaired) electrons. The minimum absolute atomic E-state index is 0.0638. The van der Waals surface area contributed by atoms with Gasteiger partial charge in [-0.3, -0.25) is 4.79 Å². The first-order valence-corrected chi connectivity index (χ1v) is 9.91. The Bertz CT molecular complexity index is 925. The van der Waals surface area contributed by atoms with Gasteiger partial charge in [0.05, 0.1) is 12.7 Å². The van der Waals surface area contributed by atoms with E-state index < -0.39 is 5.97 Å². The van der Waals surface area contributed by atoms with E-state index >= 15 is 0 Å². The maximum atomic E-state index is 12.9. The normalized spacial score (nSPS) is 10.7. The summed E-state index contributed by atoms with van der Waals surface area (Å²) in [5.41, 5.74) is 3.44. The van der Waals surface area contributed by atoms with Gasteiger partial charge in [0.25, 0.3) is 0 Å². The molecule has 0 atom stereocenters. The molecule has 1 N–H and O–H groups in total. The molecular formula is C23H23NO3S. The number of hydrogen-bond donors (Lipinski definition) is 1. The Balaban J connectivity index is 1.86. The van der Waals surface area contributed by atoms with Gasteiger partial charge in [0.15, 0.2) is 0 Å². The maximum absolute atomic E-state index is 12.9. The van der Waals surface area contributed by atoms with Crippen LogP contribution in [0.25, 0.3) is 0 Å². The van der Waals surface area contributed by atoms with Crippen molar-refractivity contribution in [2.24, 2.45) is 0 Å². The lowest BCUT2D eigenvalue weighted by molar-refractivity contribution is -0.116. The first-order valence-electron chi connectivity index (χ1n) is 9.09. The van der Waals surface area contributed by atoms with Crippen molar-refractivity contribution in [2.45, 2.75) is 26.2 Å². The first-order chi connectivity index (χ1) is 13.5. The fourth-order valence-electron chi connectivity index (χ4n) is 3.22. The number of esters is 1. The number of ether oxygens (including phenoxy) is 1. The zero-order chi connectivity index (χ0) is 20.1. The van der Waals surface area contributed by atoms with Crippen LogP contribution in [0.1, 0.15) is 44.3 Å². The molecule has 0 aliphatic rings. The SMILES string of the molecule is COC(=O)c1c(NC(=O)CC(c2ccccc2)c2ccccc2)sc(C)c1C. The number of aryl methyl sites for hydroxylation is 1. The van der Waals surface area contributed by atoms with E-state index in [-0.39, 0.29) is 18.2 Å². The van der Waals surface area contributed by atoms with Crippen molar-refractivity contribution in [3.05, 3.63) is 87.8 Å². The highest BCUT2D eigenvalue weighted by Gasteiger charge is 2.23. The summed E-state index contributed by atoms with van der Waals surface area (Å²) in [6.07, 6.45) is 0.282. The second-order valence-electron chi connectivity index (χ2n) is 6.61. The number of thiophene rings is 1. The molecule has 4 nitrogen and oxygen atoms in total. The first kappa shape index (κ1) is 19.8. The number of hydrogen-bond acceptors (Lipinski definition) is 4. The van der Waals surface area contributed by atoms with Gasteiger partial charge in [-0.25, -0.2) is 4.79 Å². The lowest BCUT2D eigenvalue weighted by Gasteiger charge is -2.18. The highest BCUT2D eigenvalue weighted by molar-refractivity contribution is 7.16. The number of amides is 1. The zero-order valence-electron chi connectivity index (χ0n) is 16.2. The Morgan fingerprint density at radius 2 is 1.50 bits per heavy atom. The van der Waals surface area contributed by atoms with Crippen molar-refractivity contribution in [3.8, 4) is 0 Å². The third-order valence-corrected chi connectivity index (χ3v) is 5.94. The predicted octanol–water partition coefficient (Wildman–Crippen LogP) is 5.31. The van der Waals surface area contributed by atoms with Crippen LogP contribution in [-0.2, 0) is 9.53 Å². The molecule has 2 aromatic carbocycles. The van der Waals surface area contributed by atoms with Crippen LogP contribution in [0.5, 0.6) is 0 Å². The Morgan fingerprint density at radius 3 is 2.00 bits per heavy atom. The summed E-state index contributed by atoms with van der Waals surface area (Å²) in [6.45, 7) is 3.79. The summed E-state index contributed by atoms with van der Waals surface area (Å²) in [7, 11) is 1.35. The van der Waals surface area contributed by atoms with E-state index in [1.807, 2.05) is 74.5 Å². The maximum Gasteiger partial charge on any atom is 0.341 e. The standard InChI is InChI=1S/C23H23NO3S/c1-15-16(2)28-22(21(15)23(26)27-3)24-20(25)14-19(17-10-6-4-7-11-17)18-12-8-5-9-13-18/h4-13,19H,14H2,1-3H3,(H,24,25). The lowest BCUT2D eigenvalue weighted by Crippen LogP contribution is -2.17. The van der Waals surface area contributed by atoms with Crippen molar-refractivity contribution in [1.29, 1.82) is 0 Å². The van der Waals surface area contributed by atoms with Crippen LogP contribution in [0.2, 0.25) is 0 Å². The van der Waals surface area contributed by atoms with Crippen LogP contribution in [0.3, 0.4) is 0 Å². The molecule has 1 aromatic heterocycles. The summed E-state index contributed by atoms with van der Waals surface area (Å²) >= 11 is 1.40. The molecule has 0 saturated heterocycles. The number of methoxy groups -OCH3 is 1. The summed E-state index contributed by atoms with van der Waals surface area (Å²) in [5, 5.41) is 3.48. The number of benzene rings is 2. The van der Waals surface area contributed by atoms with E-state index in [9.17, 15) is 9.59 Å². The molecular weight excluding hydrogens is 370 g/mol. The van der Waals surface area contributed by atoms with Crippen LogP contribution >= 0.6 is 11.3 Å². The molecule has 28 heavy (non-hydrogen) atoms. The fourth-order valence-corrected chi connectivity index (χ4v) is 4.29. The van der Waals surface area contributed by atoms with E-state index in [4.69, 9.17) is 4.74 Å². The molecule has 3 rings (SSSR count). The van der Waals surface area contributed by atoms with Crippen molar-refractivity contribution in [3.63, 3.8) is 0 Å². The van der Waals surface area contributed by atoms with Crippen LogP contribution < -0.4 is 5.32 Å². The predicted molar refractivity (Wildman–Crippen MR) is 113 cm³/mol. The van der Waals surface area contributed by atoms with Gasteiger partial charge in [-0.15, -0.1) is 11.3 Å². The molecule has 0 aliphatic heterocycles. The van der Waals surface area contributed by atoms with Crippen molar-refractivity contribution in [2.75, 3.05) is 12.4 Å². The number of anilines is 1. The fraction of sp³-hybridized carbons (Fsp3) is 0.217. The summed E-state index contributed by atoms with van der Waals surface area (Å²) in [6, 6.07) is 20.0. The topological polar surface area (TPSA) is 55.4 Å². The van der Waals surface area contributed by atoms with E-state index in [1.165, 1.54) is 18.4 Å². The van der Waals surface area contributed by atoms with Crippen molar-refractivity contribution < 1.29 is 14.3 Å². The third-order valence-electron chi connectivity index (χ3n) is 4.82. The summed E-state index contributed by atoms with van der Waals surface area (Å²) in [5.74, 6) is -0.630. The smallest absolute Gasteiger partial charge is 0.341 e. The van der Waals surface area contributed by atoms with Gasteiger partial charge in [-0.2, -0.15) is 0 Å². The van der Waals surface area contributed by atoms with E-state index in [1.54, 1.807) is 0 Å². The minimum atomic E-state index is -0.431. The van der Waals surface area contributed by atoms with E-state index in [0.717, 1.165) is 21.6 Å². The van der Waals surface area contributed by atoms with Gasteiger partial charge in [-0.1, -0.05) is 60.7 Å². The minimum Gasteiger partial charge on any atom is -0.465 e.